The molecule has 0 aliphatic rings. The molecule has 0 aromatic rings. The van der Waals surface area contributed by atoms with Crippen LogP contribution in [-0.4, -0.2) is 48.8 Å². The van der Waals surface area contributed by atoms with E-state index in [0.717, 1.165) is 0 Å². The van der Waals surface area contributed by atoms with Crippen molar-refractivity contribution in [3.8, 4) is 0 Å². The molecule has 0 saturated heterocycles. The molecule has 0 aromatic heterocycles. The Balaban J connectivity index is -0.00000180. The Kier molecular flexibility index (Phi) is 13.6. The maximum absolute atomic E-state index is 11.6. The third-order valence-corrected chi connectivity index (χ3v) is 2.12. The standard InChI is InChI=1S/C12H24N4O4.ClH.H2O/c1-12(2,3)20-11(18)16-8(9(17)19-4)6-5-7-15-10(13)14;;/h8H,5-7H2,1-4H3,(H,16,18)(H4,13,14,15);1H;1H2/t8-;;/m1../s1. The lowest BCUT2D eigenvalue weighted by Crippen LogP contribution is -2.44. The minimum Gasteiger partial charge on any atom is -0.467 e. The highest BCUT2D eigenvalue weighted by Crippen LogP contribution is 2.08. The number of nitrogens with zero attached hydrogens (tertiary/aromatic N) is 1. The molecule has 0 fully saturated rings. The number of alkyl carbamates (subject to hydrolysis) is 1. The van der Waals surface area contributed by atoms with E-state index >= 15 is 0 Å². The first-order chi connectivity index (χ1) is 9.15. The van der Waals surface area contributed by atoms with E-state index in [1.54, 1.807) is 20.8 Å². The monoisotopic (exact) mass is 342 g/mol. The zero-order valence-corrected chi connectivity index (χ0v) is 14.2. The number of nitrogens with one attached hydrogen (secondary N) is 1. The molecule has 22 heavy (non-hydrogen) atoms. The van der Waals surface area contributed by atoms with Gasteiger partial charge in [0.25, 0.3) is 0 Å². The van der Waals surface area contributed by atoms with E-state index < -0.39 is 23.7 Å². The van der Waals surface area contributed by atoms with Crippen molar-refractivity contribution in [1.82, 2.24) is 5.32 Å². The maximum atomic E-state index is 11.6. The summed E-state index contributed by atoms with van der Waals surface area (Å²) < 4.78 is 9.71. The Morgan fingerprint density at radius 3 is 2.23 bits per heavy atom. The molecule has 0 aliphatic heterocycles. The van der Waals surface area contributed by atoms with E-state index in [0.29, 0.717) is 19.4 Å². The summed E-state index contributed by atoms with van der Waals surface area (Å²) in [6.07, 6.45) is 0.200. The highest BCUT2D eigenvalue weighted by molar-refractivity contribution is 5.85. The summed E-state index contributed by atoms with van der Waals surface area (Å²) in [5.41, 5.74) is 9.75. The Labute approximate surface area is 136 Å². The van der Waals surface area contributed by atoms with Gasteiger partial charge < -0.3 is 31.7 Å². The van der Waals surface area contributed by atoms with Crippen LogP contribution in [0.4, 0.5) is 4.79 Å². The van der Waals surface area contributed by atoms with Gasteiger partial charge in [0.15, 0.2) is 5.96 Å². The quantitative estimate of drug-likeness (QED) is 0.260. The summed E-state index contributed by atoms with van der Waals surface area (Å²) in [5, 5.41) is 2.47. The van der Waals surface area contributed by atoms with Crippen LogP contribution in [0.15, 0.2) is 4.99 Å². The fraction of sp³-hybridized carbons (Fsp3) is 0.750. The average Bonchev–Trinajstić information content (AvgIpc) is 2.29. The number of guanidine groups is 1. The molecule has 1 atom stereocenters. The summed E-state index contributed by atoms with van der Waals surface area (Å²) in [6, 6.07) is -0.788. The summed E-state index contributed by atoms with van der Waals surface area (Å²) in [4.78, 5) is 27.0. The van der Waals surface area contributed by atoms with Crippen molar-refractivity contribution >= 4 is 30.4 Å². The van der Waals surface area contributed by atoms with E-state index in [2.05, 4.69) is 15.0 Å². The van der Waals surface area contributed by atoms with Crippen LogP contribution in [-0.2, 0) is 14.3 Å². The van der Waals surface area contributed by atoms with Crippen molar-refractivity contribution in [3.05, 3.63) is 0 Å². The van der Waals surface area contributed by atoms with Gasteiger partial charge in [-0.3, -0.25) is 4.99 Å². The zero-order valence-electron chi connectivity index (χ0n) is 13.3. The molecule has 7 N–H and O–H groups in total. The van der Waals surface area contributed by atoms with Crippen LogP contribution in [0, 0.1) is 0 Å². The van der Waals surface area contributed by atoms with Gasteiger partial charge in [-0.1, -0.05) is 0 Å². The van der Waals surface area contributed by atoms with Crippen molar-refractivity contribution in [2.45, 2.75) is 45.3 Å². The first-order valence-corrected chi connectivity index (χ1v) is 6.28. The Morgan fingerprint density at radius 1 is 1.27 bits per heavy atom. The summed E-state index contributed by atoms with van der Waals surface area (Å²) in [5.74, 6) is -0.555. The maximum Gasteiger partial charge on any atom is 0.408 e. The van der Waals surface area contributed by atoms with Crippen LogP contribution >= 0.6 is 12.4 Å². The molecule has 10 heteroatoms. The molecule has 1 amide bonds. The van der Waals surface area contributed by atoms with Gasteiger partial charge in [-0.05, 0) is 33.6 Å². The Bertz CT molecular complexity index is 367. The van der Waals surface area contributed by atoms with E-state index in [1.165, 1.54) is 7.11 Å². The summed E-state index contributed by atoms with van der Waals surface area (Å²) in [7, 11) is 1.25. The molecule has 9 nitrogen and oxygen atoms in total. The molecule has 0 radical (unpaired) electrons. The molecule has 132 valence electrons. The molecular formula is C12H27ClN4O5. The average molecular weight is 343 g/mol. The first-order valence-electron chi connectivity index (χ1n) is 6.28. The lowest BCUT2D eigenvalue weighted by Gasteiger charge is -2.22. The molecule has 0 aromatic carbocycles. The number of esters is 1. The molecule has 0 bridgehead atoms. The molecule has 0 rings (SSSR count). The zero-order chi connectivity index (χ0) is 15.8. The number of carbonyl (C=O) groups is 2. The number of ether oxygens (including phenoxy) is 2. The predicted octanol–water partition coefficient (Wildman–Crippen LogP) is -0.297. The second-order valence-corrected chi connectivity index (χ2v) is 5.17. The number of rotatable bonds is 6. The van der Waals surface area contributed by atoms with Crippen LogP contribution in [0.3, 0.4) is 0 Å². The fourth-order valence-corrected chi connectivity index (χ4v) is 1.34. The van der Waals surface area contributed by atoms with Gasteiger partial charge in [-0.15, -0.1) is 12.4 Å². The molecule has 0 heterocycles. The van der Waals surface area contributed by atoms with Crippen LogP contribution in [0.2, 0.25) is 0 Å². The van der Waals surface area contributed by atoms with Gasteiger partial charge in [0.2, 0.25) is 0 Å². The van der Waals surface area contributed by atoms with Crippen LogP contribution in [0.5, 0.6) is 0 Å². The van der Waals surface area contributed by atoms with Gasteiger partial charge in [0, 0.05) is 6.54 Å². The minimum absolute atomic E-state index is 0. The number of hydrogen-bond acceptors (Lipinski definition) is 5. The second kappa shape index (κ2) is 11.9. The largest absolute Gasteiger partial charge is 0.467 e. The number of hydrogen-bond donors (Lipinski definition) is 3. The van der Waals surface area contributed by atoms with E-state index in [1.807, 2.05) is 0 Å². The highest BCUT2D eigenvalue weighted by Gasteiger charge is 2.24. The molecule has 0 unspecified atom stereocenters. The number of aliphatic imine (C=N–C) groups is 1. The van der Waals surface area contributed by atoms with Gasteiger partial charge in [0.05, 0.1) is 7.11 Å². The predicted molar refractivity (Wildman–Crippen MR) is 85.9 cm³/mol. The van der Waals surface area contributed by atoms with Crippen molar-refractivity contribution in [2.75, 3.05) is 13.7 Å². The van der Waals surface area contributed by atoms with E-state index in [-0.39, 0.29) is 23.8 Å². The van der Waals surface area contributed by atoms with Crippen molar-refractivity contribution in [3.63, 3.8) is 0 Å². The van der Waals surface area contributed by atoms with Crippen LogP contribution in [0.25, 0.3) is 0 Å². The second-order valence-electron chi connectivity index (χ2n) is 5.17. The molecule has 0 spiro atoms. The van der Waals surface area contributed by atoms with Gasteiger partial charge >= 0.3 is 12.1 Å². The SMILES string of the molecule is COC(=O)[C@@H](CCCN=C(N)N)NC(=O)OC(C)(C)C.Cl.O. The number of nitrogens with two attached hydrogens (primary N) is 2. The third-order valence-electron chi connectivity index (χ3n) is 2.12. The molecular weight excluding hydrogens is 316 g/mol. The fourth-order valence-electron chi connectivity index (χ4n) is 1.34. The normalized spacial score (nSPS) is 11.1. The van der Waals surface area contributed by atoms with Crippen molar-refractivity contribution in [2.24, 2.45) is 16.5 Å². The van der Waals surface area contributed by atoms with Gasteiger partial charge in [-0.2, -0.15) is 0 Å². The first kappa shape index (κ1) is 25.2. The minimum atomic E-state index is -0.788. The number of methoxy groups -OCH3 is 1. The summed E-state index contributed by atoms with van der Waals surface area (Å²) in [6.45, 7) is 5.57. The lowest BCUT2D eigenvalue weighted by atomic mass is 10.1. The number of halogens is 1. The molecule has 0 aliphatic carbocycles. The van der Waals surface area contributed by atoms with Gasteiger partial charge in [0.1, 0.15) is 11.6 Å². The third kappa shape index (κ3) is 13.3. The topological polar surface area (TPSA) is 161 Å². The van der Waals surface area contributed by atoms with Crippen molar-refractivity contribution < 1.29 is 24.5 Å². The smallest absolute Gasteiger partial charge is 0.408 e. The summed E-state index contributed by atoms with van der Waals surface area (Å²) >= 11 is 0. The Morgan fingerprint density at radius 2 is 1.82 bits per heavy atom. The Hall–Kier alpha value is -1.74. The van der Waals surface area contributed by atoms with E-state index in [4.69, 9.17) is 16.2 Å². The number of amides is 1. The molecule has 0 saturated carbocycles. The van der Waals surface area contributed by atoms with Crippen molar-refractivity contribution in [1.29, 1.82) is 0 Å². The van der Waals surface area contributed by atoms with E-state index in [9.17, 15) is 9.59 Å². The van der Waals surface area contributed by atoms with Crippen LogP contribution in [0.1, 0.15) is 33.6 Å². The van der Waals surface area contributed by atoms with Gasteiger partial charge in [-0.25, -0.2) is 9.59 Å². The van der Waals surface area contributed by atoms with Crippen LogP contribution < -0.4 is 16.8 Å². The highest BCUT2D eigenvalue weighted by atomic mass is 35.5. The number of carbonyl (C=O) groups excluding carboxylic acids is 2. The lowest BCUT2D eigenvalue weighted by molar-refractivity contribution is -0.143.